The Balaban J connectivity index is 1.79. The molecule has 0 saturated carbocycles. The SMILES string of the molecule is C[C@H](NC(=O)OCc1ccccc1)C(=O)NC[C@@H](c1ccccc1)N(C)C. The number of carbonyl (C=O) groups is 2. The second-order valence-electron chi connectivity index (χ2n) is 6.56. The Morgan fingerprint density at radius 1 is 1.00 bits per heavy atom. The van der Waals surface area contributed by atoms with Gasteiger partial charge in [0, 0.05) is 6.54 Å². The number of alkyl carbamates (subject to hydrolysis) is 1. The molecule has 2 amide bonds. The Morgan fingerprint density at radius 3 is 2.19 bits per heavy atom. The van der Waals surface area contributed by atoms with E-state index in [0.717, 1.165) is 11.1 Å². The van der Waals surface area contributed by atoms with Gasteiger partial charge in [-0.3, -0.25) is 4.79 Å². The van der Waals surface area contributed by atoms with Crippen LogP contribution in [-0.4, -0.2) is 43.6 Å². The molecule has 0 aliphatic rings. The number of amides is 2. The smallest absolute Gasteiger partial charge is 0.408 e. The maximum atomic E-state index is 12.3. The molecule has 0 aliphatic heterocycles. The summed E-state index contributed by atoms with van der Waals surface area (Å²) in [4.78, 5) is 26.2. The summed E-state index contributed by atoms with van der Waals surface area (Å²) in [6.45, 7) is 2.24. The van der Waals surface area contributed by atoms with Gasteiger partial charge in [0.25, 0.3) is 0 Å². The molecule has 2 N–H and O–H groups in total. The summed E-state index contributed by atoms with van der Waals surface area (Å²) in [5.74, 6) is -0.255. The number of benzene rings is 2. The van der Waals surface area contributed by atoms with Crippen LogP contribution in [0.4, 0.5) is 4.79 Å². The van der Waals surface area contributed by atoms with Crippen LogP contribution in [0.15, 0.2) is 60.7 Å². The van der Waals surface area contributed by atoms with Crippen LogP contribution in [0.2, 0.25) is 0 Å². The van der Waals surface area contributed by atoms with Crippen molar-refractivity contribution in [2.24, 2.45) is 0 Å². The number of rotatable bonds is 8. The molecule has 0 bridgehead atoms. The predicted molar refractivity (Wildman–Crippen MR) is 105 cm³/mol. The Labute approximate surface area is 160 Å². The highest BCUT2D eigenvalue weighted by molar-refractivity contribution is 5.85. The van der Waals surface area contributed by atoms with Crippen LogP contribution in [0.3, 0.4) is 0 Å². The molecule has 0 radical (unpaired) electrons. The summed E-state index contributed by atoms with van der Waals surface area (Å²) in [6.07, 6.45) is -0.617. The predicted octanol–water partition coefficient (Wildman–Crippen LogP) is 2.72. The highest BCUT2D eigenvalue weighted by atomic mass is 16.5. The largest absolute Gasteiger partial charge is 0.445 e. The van der Waals surface area contributed by atoms with Gasteiger partial charge in [0.2, 0.25) is 5.91 Å². The lowest BCUT2D eigenvalue weighted by Gasteiger charge is -2.26. The normalized spacial score (nSPS) is 12.9. The highest BCUT2D eigenvalue weighted by Crippen LogP contribution is 2.16. The topological polar surface area (TPSA) is 70.7 Å². The molecule has 0 spiro atoms. The third kappa shape index (κ3) is 6.75. The van der Waals surface area contributed by atoms with Gasteiger partial charge in [0.15, 0.2) is 0 Å². The first-order valence-electron chi connectivity index (χ1n) is 8.93. The van der Waals surface area contributed by atoms with Gasteiger partial charge in [0.05, 0.1) is 6.04 Å². The monoisotopic (exact) mass is 369 g/mol. The lowest BCUT2D eigenvalue weighted by molar-refractivity contribution is -0.122. The first-order valence-corrected chi connectivity index (χ1v) is 8.93. The fourth-order valence-corrected chi connectivity index (χ4v) is 2.63. The molecular weight excluding hydrogens is 342 g/mol. The van der Waals surface area contributed by atoms with Crippen LogP contribution in [0.5, 0.6) is 0 Å². The summed E-state index contributed by atoms with van der Waals surface area (Å²) >= 11 is 0. The Hall–Kier alpha value is -2.86. The summed E-state index contributed by atoms with van der Waals surface area (Å²) in [5.41, 5.74) is 2.01. The minimum absolute atomic E-state index is 0.0485. The first kappa shape index (κ1) is 20.5. The van der Waals surface area contributed by atoms with E-state index in [1.807, 2.05) is 79.7 Å². The van der Waals surface area contributed by atoms with Gasteiger partial charge in [-0.25, -0.2) is 4.79 Å². The number of nitrogens with zero attached hydrogens (tertiary/aromatic N) is 1. The van der Waals surface area contributed by atoms with Gasteiger partial charge >= 0.3 is 6.09 Å². The first-order chi connectivity index (χ1) is 13.0. The van der Waals surface area contributed by atoms with E-state index >= 15 is 0 Å². The minimum Gasteiger partial charge on any atom is -0.445 e. The number of nitrogens with one attached hydrogen (secondary N) is 2. The number of hydrogen-bond donors (Lipinski definition) is 2. The second-order valence-corrected chi connectivity index (χ2v) is 6.56. The maximum absolute atomic E-state index is 12.3. The Morgan fingerprint density at radius 2 is 1.59 bits per heavy atom. The zero-order chi connectivity index (χ0) is 19.6. The fourth-order valence-electron chi connectivity index (χ4n) is 2.63. The molecule has 2 atom stereocenters. The molecule has 27 heavy (non-hydrogen) atoms. The number of ether oxygens (including phenoxy) is 1. The maximum Gasteiger partial charge on any atom is 0.408 e. The highest BCUT2D eigenvalue weighted by Gasteiger charge is 2.19. The quantitative estimate of drug-likeness (QED) is 0.751. The van der Waals surface area contributed by atoms with Gasteiger partial charge in [-0.1, -0.05) is 60.7 Å². The molecule has 2 aromatic rings. The average molecular weight is 369 g/mol. The molecular formula is C21H27N3O3. The van der Waals surface area contributed by atoms with Gasteiger partial charge < -0.3 is 20.3 Å². The Bertz CT molecular complexity index is 720. The number of hydrogen-bond acceptors (Lipinski definition) is 4. The van der Waals surface area contributed by atoms with Crippen molar-refractivity contribution in [1.29, 1.82) is 0 Å². The van der Waals surface area contributed by atoms with Gasteiger partial charge in [0.1, 0.15) is 12.6 Å². The number of likely N-dealkylation sites (N-methyl/N-ethyl adjacent to an activating group) is 1. The molecule has 0 aliphatic carbocycles. The minimum atomic E-state index is -0.688. The van der Waals surface area contributed by atoms with Crippen molar-refractivity contribution >= 4 is 12.0 Å². The lowest BCUT2D eigenvalue weighted by Crippen LogP contribution is -2.46. The fraction of sp³-hybridized carbons (Fsp3) is 0.333. The standard InChI is InChI=1S/C21H27N3O3/c1-16(23-21(26)27-15-17-10-6-4-7-11-17)20(25)22-14-19(24(2)3)18-12-8-5-9-13-18/h4-13,16,19H,14-15H2,1-3H3,(H,22,25)(H,23,26)/t16-,19-/m0/s1. The van der Waals surface area contributed by atoms with E-state index in [0.29, 0.717) is 6.54 Å². The third-order valence-electron chi connectivity index (χ3n) is 4.22. The molecule has 6 nitrogen and oxygen atoms in total. The molecule has 0 fully saturated rings. The van der Waals surface area contributed by atoms with Crippen LogP contribution in [0.1, 0.15) is 24.1 Å². The van der Waals surface area contributed by atoms with Crippen LogP contribution in [-0.2, 0) is 16.1 Å². The number of carbonyl (C=O) groups excluding carboxylic acids is 2. The molecule has 0 aromatic heterocycles. The molecule has 0 heterocycles. The van der Waals surface area contributed by atoms with Gasteiger partial charge in [-0.15, -0.1) is 0 Å². The lowest BCUT2D eigenvalue weighted by atomic mass is 10.1. The molecule has 144 valence electrons. The Kier molecular flexibility index (Phi) is 7.82. The van der Waals surface area contributed by atoms with Crippen molar-refractivity contribution in [1.82, 2.24) is 15.5 Å². The summed E-state index contributed by atoms with van der Waals surface area (Å²) in [6, 6.07) is 18.7. The summed E-state index contributed by atoms with van der Waals surface area (Å²) in [7, 11) is 3.93. The molecule has 2 aromatic carbocycles. The van der Waals surface area contributed by atoms with Crippen LogP contribution < -0.4 is 10.6 Å². The van der Waals surface area contributed by atoms with Crippen molar-refractivity contribution in [3.63, 3.8) is 0 Å². The van der Waals surface area contributed by atoms with E-state index in [-0.39, 0.29) is 18.6 Å². The van der Waals surface area contributed by atoms with E-state index in [9.17, 15) is 9.59 Å². The zero-order valence-electron chi connectivity index (χ0n) is 16.0. The van der Waals surface area contributed by atoms with Crippen molar-refractivity contribution in [2.45, 2.75) is 25.6 Å². The zero-order valence-corrected chi connectivity index (χ0v) is 16.0. The van der Waals surface area contributed by atoms with Crippen molar-refractivity contribution in [3.05, 3.63) is 71.8 Å². The average Bonchev–Trinajstić information content (AvgIpc) is 2.67. The summed E-state index contributed by atoms with van der Waals surface area (Å²) < 4.78 is 5.14. The van der Waals surface area contributed by atoms with E-state index in [4.69, 9.17) is 4.74 Å². The summed E-state index contributed by atoms with van der Waals surface area (Å²) in [5, 5.41) is 5.45. The molecule has 2 rings (SSSR count). The van der Waals surface area contributed by atoms with Crippen LogP contribution in [0, 0.1) is 0 Å². The van der Waals surface area contributed by atoms with Crippen LogP contribution in [0.25, 0.3) is 0 Å². The van der Waals surface area contributed by atoms with E-state index in [2.05, 4.69) is 10.6 Å². The van der Waals surface area contributed by atoms with E-state index in [1.165, 1.54) is 0 Å². The molecule has 6 heteroatoms. The molecule has 0 unspecified atom stereocenters. The van der Waals surface area contributed by atoms with Crippen LogP contribution >= 0.6 is 0 Å². The van der Waals surface area contributed by atoms with E-state index < -0.39 is 12.1 Å². The third-order valence-corrected chi connectivity index (χ3v) is 4.22. The van der Waals surface area contributed by atoms with Crippen molar-refractivity contribution in [2.75, 3.05) is 20.6 Å². The van der Waals surface area contributed by atoms with E-state index in [1.54, 1.807) is 6.92 Å². The molecule has 0 saturated heterocycles. The van der Waals surface area contributed by atoms with Gasteiger partial charge in [-0.05, 0) is 32.1 Å². The van der Waals surface area contributed by atoms with Crippen molar-refractivity contribution in [3.8, 4) is 0 Å². The second kappa shape index (κ2) is 10.3. The van der Waals surface area contributed by atoms with Gasteiger partial charge in [-0.2, -0.15) is 0 Å². The van der Waals surface area contributed by atoms with Crippen molar-refractivity contribution < 1.29 is 14.3 Å².